The van der Waals surface area contributed by atoms with Gasteiger partial charge in [-0.2, -0.15) is 5.06 Å². The lowest BCUT2D eigenvalue weighted by Gasteiger charge is -2.32. The molecule has 38 heavy (non-hydrogen) atoms. The molecule has 2 bridgehead atoms. The van der Waals surface area contributed by atoms with Gasteiger partial charge in [0.05, 0.1) is 6.04 Å². The topological polar surface area (TPSA) is 113 Å². The number of likely N-dealkylation sites (tertiary alicyclic amines) is 1. The number of ether oxygens (including phenoxy) is 1. The third-order valence-corrected chi connectivity index (χ3v) is 7.25. The first-order valence-corrected chi connectivity index (χ1v) is 13.6. The molecule has 0 saturated carbocycles. The summed E-state index contributed by atoms with van der Waals surface area (Å²) in [6.45, 7) is 9.12. The van der Waals surface area contributed by atoms with Crippen LogP contribution in [0.25, 0.3) is 0 Å². The van der Waals surface area contributed by atoms with Gasteiger partial charge in [0.15, 0.2) is 0 Å². The Morgan fingerprint density at radius 1 is 1.11 bits per heavy atom. The van der Waals surface area contributed by atoms with E-state index in [1.807, 2.05) is 51.1 Å². The lowest BCUT2D eigenvalue weighted by Crippen LogP contribution is -2.46. The maximum absolute atomic E-state index is 13.1. The fourth-order valence-corrected chi connectivity index (χ4v) is 5.30. The van der Waals surface area contributed by atoms with Crippen molar-refractivity contribution in [1.82, 2.24) is 30.4 Å². The van der Waals surface area contributed by atoms with Gasteiger partial charge in [-0.15, -0.1) is 10.2 Å². The molecule has 3 aliphatic rings. The maximum Gasteiger partial charge on any atom is 0.407 e. The Bertz CT molecular complexity index is 1090. The first kappa shape index (κ1) is 26.4. The second-order valence-electron chi connectivity index (χ2n) is 11.3. The molecule has 3 fully saturated rings. The van der Waals surface area contributed by atoms with Crippen LogP contribution in [0.2, 0.25) is 0 Å². The van der Waals surface area contributed by atoms with Crippen molar-refractivity contribution >= 4 is 12.1 Å². The molecule has 3 aliphatic heterocycles. The van der Waals surface area contributed by atoms with Gasteiger partial charge in [0.1, 0.15) is 18.2 Å². The van der Waals surface area contributed by atoms with Gasteiger partial charge < -0.3 is 24.3 Å². The molecule has 1 aromatic carbocycles. The van der Waals surface area contributed by atoms with Crippen molar-refractivity contribution in [2.75, 3.05) is 26.2 Å². The molecule has 0 unspecified atom stereocenters. The zero-order chi connectivity index (χ0) is 26.7. The number of piperidine rings is 2. The highest BCUT2D eigenvalue weighted by molar-refractivity contribution is 5.77. The van der Waals surface area contributed by atoms with Crippen LogP contribution in [-0.2, 0) is 22.6 Å². The fourth-order valence-electron chi connectivity index (χ4n) is 5.30. The van der Waals surface area contributed by atoms with E-state index >= 15 is 0 Å². The van der Waals surface area contributed by atoms with Crippen LogP contribution in [0, 0.1) is 0 Å². The minimum atomic E-state index is -0.495. The second-order valence-corrected chi connectivity index (χ2v) is 11.3. The summed E-state index contributed by atoms with van der Waals surface area (Å²) in [7, 11) is 0. The van der Waals surface area contributed by atoms with Crippen molar-refractivity contribution in [2.24, 2.45) is 0 Å². The highest BCUT2D eigenvalue weighted by atomic mass is 16.7. The first-order valence-electron chi connectivity index (χ1n) is 13.6. The molecule has 2 atom stereocenters. The van der Waals surface area contributed by atoms with Gasteiger partial charge in [-0.05, 0) is 52.0 Å². The standard InChI is InChI=1S/C27H38N6O5/c1-27(2,3)38-25(34)28-20-11-14-31(15-12-20)16-13-23-29-30-24(37-23)22-10-9-21-17-32(22)26(35)33(21)36-18-19-7-5-4-6-8-19/h4-8,20-22H,9-18H2,1-3H3,(H,28,34)/t21-,22+/m1/s1. The molecule has 1 aromatic heterocycles. The number of rotatable bonds is 8. The summed E-state index contributed by atoms with van der Waals surface area (Å²) in [6.07, 6.45) is 3.63. The van der Waals surface area contributed by atoms with E-state index in [0.29, 0.717) is 31.4 Å². The van der Waals surface area contributed by atoms with Crippen molar-refractivity contribution in [3.8, 4) is 0 Å². The summed E-state index contributed by atoms with van der Waals surface area (Å²) in [5.41, 5.74) is 0.531. The van der Waals surface area contributed by atoms with Crippen molar-refractivity contribution in [2.45, 2.75) is 83.2 Å². The molecule has 11 nitrogen and oxygen atoms in total. The van der Waals surface area contributed by atoms with Crippen LogP contribution >= 0.6 is 0 Å². The largest absolute Gasteiger partial charge is 0.444 e. The summed E-state index contributed by atoms with van der Waals surface area (Å²) in [5, 5.41) is 13.1. The van der Waals surface area contributed by atoms with Crippen molar-refractivity contribution in [1.29, 1.82) is 0 Å². The van der Waals surface area contributed by atoms with Gasteiger partial charge in [-0.1, -0.05) is 30.3 Å². The Morgan fingerprint density at radius 3 is 2.61 bits per heavy atom. The quantitative estimate of drug-likeness (QED) is 0.554. The number of hydroxylamine groups is 2. The smallest absolute Gasteiger partial charge is 0.407 e. The van der Waals surface area contributed by atoms with Crippen LogP contribution in [0.1, 0.15) is 69.8 Å². The monoisotopic (exact) mass is 526 g/mol. The molecule has 3 amide bonds. The van der Waals surface area contributed by atoms with Crippen LogP contribution < -0.4 is 5.32 Å². The van der Waals surface area contributed by atoms with E-state index in [-0.39, 0.29) is 30.2 Å². The summed E-state index contributed by atoms with van der Waals surface area (Å²) < 4.78 is 11.4. The number of nitrogens with one attached hydrogen (secondary N) is 1. The summed E-state index contributed by atoms with van der Waals surface area (Å²) in [4.78, 5) is 35.1. The molecule has 2 aromatic rings. The number of alkyl carbamates (subject to hydrolysis) is 1. The Labute approximate surface area is 223 Å². The molecule has 11 heteroatoms. The number of benzene rings is 1. The highest BCUT2D eigenvalue weighted by Gasteiger charge is 2.47. The molecule has 4 heterocycles. The van der Waals surface area contributed by atoms with Gasteiger partial charge in [0.2, 0.25) is 11.8 Å². The zero-order valence-electron chi connectivity index (χ0n) is 22.5. The van der Waals surface area contributed by atoms with Crippen LogP contribution in [0.3, 0.4) is 0 Å². The molecule has 3 saturated heterocycles. The Morgan fingerprint density at radius 2 is 1.87 bits per heavy atom. The normalized spacial score (nSPS) is 22.7. The van der Waals surface area contributed by atoms with Gasteiger partial charge in [-0.3, -0.25) is 4.84 Å². The molecular weight excluding hydrogens is 488 g/mol. The molecule has 5 rings (SSSR count). The zero-order valence-corrected chi connectivity index (χ0v) is 22.5. The second kappa shape index (κ2) is 11.3. The minimum Gasteiger partial charge on any atom is -0.444 e. The van der Waals surface area contributed by atoms with E-state index in [0.717, 1.165) is 50.9 Å². The summed E-state index contributed by atoms with van der Waals surface area (Å²) in [6, 6.07) is 9.65. The van der Waals surface area contributed by atoms with E-state index in [2.05, 4.69) is 20.4 Å². The van der Waals surface area contributed by atoms with Gasteiger partial charge in [0.25, 0.3) is 0 Å². The van der Waals surface area contributed by atoms with E-state index < -0.39 is 5.60 Å². The molecule has 0 aliphatic carbocycles. The van der Waals surface area contributed by atoms with Gasteiger partial charge in [-0.25, -0.2) is 9.59 Å². The molecule has 0 radical (unpaired) electrons. The molecule has 206 valence electrons. The number of hydrogen-bond donors (Lipinski definition) is 1. The van der Waals surface area contributed by atoms with Crippen molar-refractivity contribution in [3.05, 3.63) is 47.7 Å². The van der Waals surface area contributed by atoms with Crippen molar-refractivity contribution in [3.63, 3.8) is 0 Å². The number of aromatic nitrogens is 2. The SMILES string of the molecule is CC(C)(C)OC(=O)NC1CCN(CCc2nnc([C@@H]3CC[C@@H]4CN3C(=O)N4OCc3ccccc3)o2)CC1. The van der Waals surface area contributed by atoms with Crippen LogP contribution in [-0.4, -0.2) is 81.0 Å². The average molecular weight is 527 g/mol. The van der Waals surface area contributed by atoms with Gasteiger partial charge in [0, 0.05) is 38.6 Å². The number of amides is 3. The third-order valence-electron chi connectivity index (χ3n) is 7.25. The summed E-state index contributed by atoms with van der Waals surface area (Å²) >= 11 is 0. The highest BCUT2D eigenvalue weighted by Crippen LogP contribution is 2.38. The Balaban J connectivity index is 1.07. The molecule has 1 N–H and O–H groups in total. The van der Waals surface area contributed by atoms with E-state index in [1.165, 1.54) is 5.06 Å². The first-order chi connectivity index (χ1) is 18.2. The number of carbonyl (C=O) groups is 2. The molecule has 0 spiro atoms. The van der Waals surface area contributed by atoms with Crippen LogP contribution in [0.5, 0.6) is 0 Å². The number of urea groups is 1. The molecular formula is C27H38N6O5. The Hall–Kier alpha value is -3.18. The van der Waals surface area contributed by atoms with Crippen LogP contribution in [0.15, 0.2) is 34.7 Å². The number of hydrogen-bond acceptors (Lipinski definition) is 8. The predicted molar refractivity (Wildman–Crippen MR) is 138 cm³/mol. The lowest BCUT2D eigenvalue weighted by atomic mass is 10.0. The van der Waals surface area contributed by atoms with Crippen molar-refractivity contribution < 1.29 is 23.6 Å². The maximum atomic E-state index is 13.1. The number of fused-ring (bicyclic) bond motifs is 2. The van der Waals surface area contributed by atoms with E-state index in [1.54, 1.807) is 4.90 Å². The predicted octanol–water partition coefficient (Wildman–Crippen LogP) is 3.67. The number of carbonyl (C=O) groups excluding carboxylic acids is 2. The van der Waals surface area contributed by atoms with E-state index in [9.17, 15) is 9.59 Å². The fraction of sp³-hybridized carbons (Fsp3) is 0.630. The lowest BCUT2D eigenvalue weighted by molar-refractivity contribution is -0.140. The third kappa shape index (κ3) is 6.44. The number of nitrogens with zero attached hydrogens (tertiary/aromatic N) is 5. The van der Waals surface area contributed by atoms with E-state index in [4.69, 9.17) is 14.0 Å². The summed E-state index contributed by atoms with van der Waals surface area (Å²) in [5.74, 6) is 1.08. The minimum absolute atomic E-state index is 0.0394. The van der Waals surface area contributed by atoms with Crippen LogP contribution in [0.4, 0.5) is 9.59 Å². The average Bonchev–Trinajstić information content (AvgIpc) is 3.45. The Kier molecular flexibility index (Phi) is 7.85. The van der Waals surface area contributed by atoms with Gasteiger partial charge >= 0.3 is 12.1 Å².